The Kier molecular flexibility index (Phi) is 6.41. The molecule has 1 fully saturated rings. The number of anilines is 1. The molecule has 0 unspecified atom stereocenters. The lowest BCUT2D eigenvalue weighted by Gasteiger charge is -2.30. The predicted octanol–water partition coefficient (Wildman–Crippen LogP) is 3.73. The lowest BCUT2D eigenvalue weighted by atomic mass is 10.1. The van der Waals surface area contributed by atoms with Crippen LogP contribution in [0.25, 0.3) is 22.3 Å². The second-order valence-electron chi connectivity index (χ2n) is 7.74. The number of hydrogen-bond acceptors (Lipinski definition) is 6. The number of fused-ring (bicyclic) bond motifs is 1. The number of nitrogens with two attached hydrogens (primary N) is 1. The quantitative estimate of drug-likeness (QED) is 0.367. The Bertz CT molecular complexity index is 1260. The van der Waals surface area contributed by atoms with E-state index in [4.69, 9.17) is 22.0 Å². The monoisotopic (exact) mass is 442 g/mol. The van der Waals surface area contributed by atoms with Gasteiger partial charge < -0.3 is 15.4 Å². The standard InChI is InChI=1S/C25H26N6O2/c1-4-7-19(5-2)33-20-10-8-17(9-11-20)23-22-24(26)27-16-28-25(22)31(29-23)18-12-14-30(15-13-18)21(32)6-3/h3-5,7-11,16,18H,12-15H2,1-2H3,(H2,26,27,28). The summed E-state index contributed by atoms with van der Waals surface area (Å²) in [5, 5.41) is 5.62. The Labute approximate surface area is 192 Å². The fraction of sp³-hybridized carbons (Fsp3) is 0.280. The van der Waals surface area contributed by atoms with Gasteiger partial charge in [0.25, 0.3) is 5.91 Å². The molecule has 1 aliphatic heterocycles. The van der Waals surface area contributed by atoms with Gasteiger partial charge in [0.05, 0.1) is 11.4 Å². The summed E-state index contributed by atoms with van der Waals surface area (Å²) in [6.45, 7) is 5.03. The largest absolute Gasteiger partial charge is 0.458 e. The number of ether oxygens (including phenoxy) is 1. The SMILES string of the molecule is C#CC(=O)N1CCC(n2nc(-c3ccc(OC(C=CC)=CC)cc3)c3c(N)ncnc32)CC1. The van der Waals surface area contributed by atoms with Crippen LogP contribution in [0.2, 0.25) is 0 Å². The number of likely N-dealkylation sites (tertiary alicyclic amines) is 1. The molecule has 0 bridgehead atoms. The highest BCUT2D eigenvalue weighted by Crippen LogP contribution is 2.34. The molecule has 168 valence electrons. The molecule has 3 heterocycles. The van der Waals surface area contributed by atoms with Gasteiger partial charge in [-0.1, -0.05) is 6.08 Å². The fourth-order valence-corrected chi connectivity index (χ4v) is 4.03. The number of piperidine rings is 1. The molecule has 1 aromatic carbocycles. The molecular formula is C25H26N6O2. The van der Waals surface area contributed by atoms with Crippen LogP contribution in [0.15, 0.2) is 54.6 Å². The van der Waals surface area contributed by atoms with Gasteiger partial charge in [0.1, 0.15) is 29.3 Å². The van der Waals surface area contributed by atoms with Gasteiger partial charge >= 0.3 is 0 Å². The van der Waals surface area contributed by atoms with Crippen molar-refractivity contribution in [2.75, 3.05) is 18.8 Å². The summed E-state index contributed by atoms with van der Waals surface area (Å²) in [5.41, 5.74) is 8.54. The van der Waals surface area contributed by atoms with E-state index >= 15 is 0 Å². The van der Waals surface area contributed by atoms with Gasteiger partial charge in [-0.2, -0.15) is 5.10 Å². The first kappa shape index (κ1) is 22.1. The van der Waals surface area contributed by atoms with Gasteiger partial charge in [-0.15, -0.1) is 6.42 Å². The lowest BCUT2D eigenvalue weighted by Crippen LogP contribution is -2.38. The number of nitrogen functional groups attached to an aromatic ring is 1. The average Bonchev–Trinajstić information content (AvgIpc) is 3.25. The maximum Gasteiger partial charge on any atom is 0.298 e. The average molecular weight is 443 g/mol. The minimum Gasteiger partial charge on any atom is -0.458 e. The Balaban J connectivity index is 1.66. The zero-order valence-corrected chi connectivity index (χ0v) is 18.7. The van der Waals surface area contributed by atoms with E-state index in [1.54, 1.807) is 4.90 Å². The molecule has 4 rings (SSSR count). The molecule has 33 heavy (non-hydrogen) atoms. The number of nitrogens with zero attached hydrogens (tertiary/aromatic N) is 5. The molecular weight excluding hydrogens is 416 g/mol. The number of aromatic nitrogens is 4. The maximum atomic E-state index is 11.8. The summed E-state index contributed by atoms with van der Waals surface area (Å²) in [7, 11) is 0. The fourth-order valence-electron chi connectivity index (χ4n) is 4.03. The molecule has 1 aliphatic rings. The van der Waals surface area contributed by atoms with E-state index in [0.717, 1.165) is 41.0 Å². The molecule has 3 aromatic rings. The van der Waals surface area contributed by atoms with E-state index in [9.17, 15) is 4.79 Å². The van der Waals surface area contributed by atoms with Crippen LogP contribution in [0.5, 0.6) is 5.75 Å². The van der Waals surface area contributed by atoms with E-state index in [0.29, 0.717) is 24.6 Å². The predicted molar refractivity (Wildman–Crippen MR) is 128 cm³/mol. The molecule has 0 atom stereocenters. The van der Waals surface area contributed by atoms with Crippen molar-refractivity contribution in [3.05, 3.63) is 54.6 Å². The molecule has 0 radical (unpaired) electrons. The third-order valence-electron chi connectivity index (χ3n) is 5.72. The van der Waals surface area contributed by atoms with E-state index in [1.165, 1.54) is 6.33 Å². The minimum atomic E-state index is -0.274. The van der Waals surface area contributed by atoms with Crippen LogP contribution in [0.1, 0.15) is 32.7 Å². The number of carbonyl (C=O) groups excluding carboxylic acids is 1. The second kappa shape index (κ2) is 9.57. The molecule has 0 saturated carbocycles. The van der Waals surface area contributed by atoms with Crippen molar-refractivity contribution >= 4 is 22.8 Å². The van der Waals surface area contributed by atoms with Crippen LogP contribution in [-0.4, -0.2) is 43.6 Å². The van der Waals surface area contributed by atoms with Crippen molar-refractivity contribution in [2.45, 2.75) is 32.7 Å². The summed E-state index contributed by atoms with van der Waals surface area (Å²) in [6, 6.07) is 7.78. The summed E-state index contributed by atoms with van der Waals surface area (Å²) < 4.78 is 7.81. The molecule has 8 nitrogen and oxygen atoms in total. The van der Waals surface area contributed by atoms with E-state index in [-0.39, 0.29) is 11.9 Å². The number of carbonyl (C=O) groups is 1. The molecule has 1 saturated heterocycles. The zero-order valence-electron chi connectivity index (χ0n) is 18.7. The Hall–Kier alpha value is -4.12. The summed E-state index contributed by atoms with van der Waals surface area (Å²) in [4.78, 5) is 22.2. The summed E-state index contributed by atoms with van der Waals surface area (Å²) >= 11 is 0. The molecule has 8 heteroatoms. The number of benzene rings is 1. The van der Waals surface area contributed by atoms with Gasteiger partial charge in [0, 0.05) is 18.7 Å². The molecule has 0 aliphatic carbocycles. The van der Waals surface area contributed by atoms with Crippen molar-refractivity contribution < 1.29 is 9.53 Å². The van der Waals surface area contributed by atoms with Crippen LogP contribution < -0.4 is 10.5 Å². The Morgan fingerprint density at radius 1 is 1.21 bits per heavy atom. The summed E-state index contributed by atoms with van der Waals surface area (Å²) in [6.07, 6.45) is 13.9. The minimum absolute atomic E-state index is 0.0815. The van der Waals surface area contributed by atoms with E-state index in [2.05, 4.69) is 15.9 Å². The van der Waals surface area contributed by atoms with Crippen molar-refractivity contribution in [3.8, 4) is 29.4 Å². The normalized spacial score (nSPS) is 15.2. The molecule has 2 aromatic heterocycles. The molecule has 2 N–H and O–H groups in total. The smallest absolute Gasteiger partial charge is 0.298 e. The highest BCUT2D eigenvalue weighted by atomic mass is 16.5. The van der Waals surface area contributed by atoms with Crippen LogP contribution in [0.4, 0.5) is 5.82 Å². The van der Waals surface area contributed by atoms with Crippen LogP contribution >= 0.6 is 0 Å². The Morgan fingerprint density at radius 3 is 2.58 bits per heavy atom. The first-order valence-electron chi connectivity index (χ1n) is 10.9. The molecule has 1 amide bonds. The van der Waals surface area contributed by atoms with E-state index < -0.39 is 0 Å². The zero-order chi connectivity index (χ0) is 23.4. The maximum absolute atomic E-state index is 11.8. The summed E-state index contributed by atoms with van der Waals surface area (Å²) in [5.74, 6) is 3.79. The van der Waals surface area contributed by atoms with Crippen molar-refractivity contribution in [3.63, 3.8) is 0 Å². The number of terminal acetylenes is 1. The van der Waals surface area contributed by atoms with Crippen molar-refractivity contribution in [1.82, 2.24) is 24.6 Å². The topological polar surface area (TPSA) is 99.2 Å². The second-order valence-corrected chi connectivity index (χ2v) is 7.74. The third kappa shape index (κ3) is 4.44. The van der Waals surface area contributed by atoms with Crippen molar-refractivity contribution in [2.24, 2.45) is 0 Å². The number of rotatable bonds is 5. The first-order chi connectivity index (χ1) is 16.0. The van der Waals surface area contributed by atoms with Gasteiger partial charge in [0.2, 0.25) is 0 Å². The number of amides is 1. The van der Waals surface area contributed by atoms with E-state index in [1.807, 2.05) is 61.0 Å². The van der Waals surface area contributed by atoms with Crippen LogP contribution in [0.3, 0.4) is 0 Å². The number of hydrogen-bond donors (Lipinski definition) is 1. The van der Waals surface area contributed by atoms with Crippen LogP contribution in [0, 0.1) is 12.3 Å². The number of allylic oxidation sites excluding steroid dienone is 3. The van der Waals surface area contributed by atoms with Gasteiger partial charge in [-0.05, 0) is 69.0 Å². The third-order valence-corrected chi connectivity index (χ3v) is 5.72. The molecule has 0 spiro atoms. The van der Waals surface area contributed by atoms with Crippen LogP contribution in [-0.2, 0) is 4.79 Å². The lowest BCUT2D eigenvalue weighted by molar-refractivity contribution is -0.126. The van der Waals surface area contributed by atoms with Gasteiger partial charge in [0.15, 0.2) is 5.65 Å². The van der Waals surface area contributed by atoms with Crippen molar-refractivity contribution in [1.29, 1.82) is 0 Å². The van der Waals surface area contributed by atoms with Gasteiger partial charge in [-0.3, -0.25) is 4.79 Å². The highest BCUT2D eigenvalue weighted by molar-refractivity contribution is 5.98. The van der Waals surface area contributed by atoms with Gasteiger partial charge in [-0.25, -0.2) is 14.6 Å². The highest BCUT2D eigenvalue weighted by Gasteiger charge is 2.27. The first-order valence-corrected chi connectivity index (χ1v) is 10.9. The Morgan fingerprint density at radius 2 is 1.94 bits per heavy atom.